The van der Waals surface area contributed by atoms with E-state index in [1.807, 2.05) is 6.20 Å². The fourth-order valence-corrected chi connectivity index (χ4v) is 4.10. The monoisotopic (exact) mass is 252 g/mol. The zero-order valence-corrected chi connectivity index (χ0v) is 10.9. The van der Waals surface area contributed by atoms with Gasteiger partial charge in [-0.1, -0.05) is 24.2 Å². The molecule has 0 amide bonds. The highest BCUT2D eigenvalue weighted by Gasteiger charge is 2.35. The van der Waals surface area contributed by atoms with Crippen molar-refractivity contribution < 1.29 is 0 Å². The standard InChI is InChI=1S/C12H20N4S/c13-15-12-14-7-10(17-12)8-16-6-5-9-3-1-2-4-11(9)16/h7,9,11H,1-6,8,13H2,(H,14,15). The summed E-state index contributed by atoms with van der Waals surface area (Å²) in [5, 5.41) is 0.819. The Labute approximate surface area is 106 Å². The lowest BCUT2D eigenvalue weighted by Crippen LogP contribution is -2.33. The van der Waals surface area contributed by atoms with E-state index >= 15 is 0 Å². The van der Waals surface area contributed by atoms with Crippen molar-refractivity contribution in [2.24, 2.45) is 11.8 Å². The van der Waals surface area contributed by atoms with Gasteiger partial charge < -0.3 is 0 Å². The number of nitrogens with two attached hydrogens (primary N) is 1. The fourth-order valence-electron chi connectivity index (χ4n) is 3.35. The number of hydrogen-bond acceptors (Lipinski definition) is 5. The van der Waals surface area contributed by atoms with E-state index in [0.717, 1.165) is 23.6 Å². The van der Waals surface area contributed by atoms with Crippen LogP contribution in [0.1, 0.15) is 37.0 Å². The SMILES string of the molecule is NNc1ncc(CN2CCC3CCCCC32)s1. The van der Waals surface area contributed by atoms with E-state index in [1.165, 1.54) is 43.5 Å². The molecule has 1 aromatic rings. The summed E-state index contributed by atoms with van der Waals surface area (Å²) in [5.74, 6) is 6.32. The first-order valence-corrected chi connectivity index (χ1v) is 7.34. The highest BCUT2D eigenvalue weighted by molar-refractivity contribution is 7.15. The van der Waals surface area contributed by atoms with Gasteiger partial charge in [0.2, 0.25) is 0 Å². The molecule has 0 spiro atoms. The molecule has 3 rings (SSSR count). The smallest absolute Gasteiger partial charge is 0.197 e. The number of fused-ring (bicyclic) bond motifs is 1. The van der Waals surface area contributed by atoms with E-state index in [2.05, 4.69) is 15.3 Å². The van der Waals surface area contributed by atoms with E-state index in [-0.39, 0.29) is 0 Å². The van der Waals surface area contributed by atoms with Crippen LogP contribution < -0.4 is 11.3 Å². The molecule has 4 nitrogen and oxygen atoms in total. The van der Waals surface area contributed by atoms with Gasteiger partial charge in [-0.05, 0) is 31.7 Å². The van der Waals surface area contributed by atoms with Gasteiger partial charge in [-0.2, -0.15) is 0 Å². The summed E-state index contributed by atoms with van der Waals surface area (Å²) in [5.41, 5.74) is 2.62. The minimum Gasteiger partial charge on any atom is -0.300 e. The molecule has 2 aliphatic rings. The number of aromatic nitrogens is 1. The zero-order valence-electron chi connectivity index (χ0n) is 10.1. The van der Waals surface area contributed by atoms with Gasteiger partial charge in [-0.25, -0.2) is 10.8 Å². The highest BCUT2D eigenvalue weighted by atomic mass is 32.1. The Balaban J connectivity index is 1.65. The van der Waals surface area contributed by atoms with Crippen molar-refractivity contribution in [2.45, 2.75) is 44.7 Å². The lowest BCUT2D eigenvalue weighted by Gasteiger charge is -2.31. The number of hydrazine groups is 1. The minimum absolute atomic E-state index is 0.819. The number of anilines is 1. The summed E-state index contributed by atoms with van der Waals surface area (Å²) >= 11 is 1.67. The lowest BCUT2D eigenvalue weighted by molar-refractivity contribution is 0.177. The van der Waals surface area contributed by atoms with Crippen LogP contribution >= 0.6 is 11.3 Å². The third kappa shape index (κ3) is 2.32. The topological polar surface area (TPSA) is 54.2 Å². The Morgan fingerprint density at radius 3 is 3.12 bits per heavy atom. The van der Waals surface area contributed by atoms with Crippen LogP contribution in [0.25, 0.3) is 0 Å². The second-order valence-electron chi connectivity index (χ2n) is 5.15. The van der Waals surface area contributed by atoms with Crippen LogP contribution in [0.3, 0.4) is 0 Å². The molecular weight excluding hydrogens is 232 g/mol. The first-order chi connectivity index (χ1) is 8.36. The lowest BCUT2D eigenvalue weighted by atomic mass is 9.85. The number of thiazole rings is 1. The van der Waals surface area contributed by atoms with Crippen LogP contribution in [0.5, 0.6) is 0 Å². The largest absolute Gasteiger partial charge is 0.300 e. The summed E-state index contributed by atoms with van der Waals surface area (Å²) in [6, 6.07) is 0.833. The van der Waals surface area contributed by atoms with Crippen LogP contribution in [0.4, 0.5) is 5.13 Å². The molecule has 1 aromatic heterocycles. The van der Waals surface area contributed by atoms with Crippen LogP contribution in [-0.2, 0) is 6.54 Å². The Morgan fingerprint density at radius 2 is 2.29 bits per heavy atom. The van der Waals surface area contributed by atoms with Crippen molar-refractivity contribution in [3.05, 3.63) is 11.1 Å². The molecule has 3 N–H and O–H groups in total. The van der Waals surface area contributed by atoms with Crippen LogP contribution in [0.15, 0.2) is 6.20 Å². The van der Waals surface area contributed by atoms with E-state index in [1.54, 1.807) is 11.3 Å². The zero-order chi connectivity index (χ0) is 11.7. The van der Waals surface area contributed by atoms with Crippen LogP contribution in [-0.4, -0.2) is 22.5 Å². The number of rotatable bonds is 3. The second kappa shape index (κ2) is 4.92. The van der Waals surface area contributed by atoms with Gasteiger partial charge in [0.25, 0.3) is 0 Å². The predicted molar refractivity (Wildman–Crippen MR) is 70.7 cm³/mol. The number of likely N-dealkylation sites (tertiary alicyclic amines) is 1. The molecule has 94 valence electrons. The molecule has 1 aliphatic heterocycles. The predicted octanol–water partition coefficient (Wildman–Crippen LogP) is 2.19. The quantitative estimate of drug-likeness (QED) is 0.639. The summed E-state index contributed by atoms with van der Waals surface area (Å²) in [6.45, 7) is 2.32. The van der Waals surface area contributed by atoms with E-state index < -0.39 is 0 Å². The van der Waals surface area contributed by atoms with E-state index in [0.29, 0.717) is 0 Å². The van der Waals surface area contributed by atoms with Gasteiger partial charge in [0.05, 0.1) is 0 Å². The Kier molecular flexibility index (Phi) is 3.31. The maximum absolute atomic E-state index is 5.36. The molecule has 0 radical (unpaired) electrons. The summed E-state index contributed by atoms with van der Waals surface area (Å²) in [6.07, 6.45) is 9.04. The molecule has 1 saturated carbocycles. The third-order valence-electron chi connectivity index (χ3n) is 4.16. The second-order valence-corrected chi connectivity index (χ2v) is 6.26. The Morgan fingerprint density at radius 1 is 1.41 bits per heavy atom. The van der Waals surface area contributed by atoms with Crippen molar-refractivity contribution >= 4 is 16.5 Å². The third-order valence-corrected chi connectivity index (χ3v) is 5.07. The van der Waals surface area contributed by atoms with Crippen molar-refractivity contribution in [1.82, 2.24) is 9.88 Å². The van der Waals surface area contributed by atoms with Gasteiger partial charge in [0, 0.05) is 23.7 Å². The maximum Gasteiger partial charge on any atom is 0.197 e. The molecule has 1 aliphatic carbocycles. The molecule has 2 heterocycles. The summed E-state index contributed by atoms with van der Waals surface area (Å²) < 4.78 is 0. The number of nitrogen functional groups attached to an aromatic ring is 1. The Bertz CT molecular complexity index is 378. The number of nitrogens with zero attached hydrogens (tertiary/aromatic N) is 2. The molecular formula is C12H20N4S. The first kappa shape index (κ1) is 11.4. The van der Waals surface area contributed by atoms with Gasteiger partial charge in [-0.3, -0.25) is 10.3 Å². The van der Waals surface area contributed by atoms with Crippen LogP contribution in [0, 0.1) is 5.92 Å². The summed E-state index contributed by atoms with van der Waals surface area (Å²) in [4.78, 5) is 8.21. The molecule has 17 heavy (non-hydrogen) atoms. The maximum atomic E-state index is 5.36. The van der Waals surface area contributed by atoms with Crippen LogP contribution in [0.2, 0.25) is 0 Å². The number of hydrogen-bond donors (Lipinski definition) is 2. The molecule has 0 aromatic carbocycles. The van der Waals surface area contributed by atoms with Gasteiger partial charge in [-0.15, -0.1) is 0 Å². The average Bonchev–Trinajstić information content (AvgIpc) is 2.97. The molecule has 2 atom stereocenters. The average molecular weight is 252 g/mol. The van der Waals surface area contributed by atoms with Crippen molar-refractivity contribution in [3.8, 4) is 0 Å². The van der Waals surface area contributed by atoms with Gasteiger partial charge in [0.15, 0.2) is 5.13 Å². The summed E-state index contributed by atoms with van der Waals surface area (Å²) in [7, 11) is 0. The minimum atomic E-state index is 0.819. The van der Waals surface area contributed by atoms with Gasteiger partial charge in [0.1, 0.15) is 0 Å². The van der Waals surface area contributed by atoms with E-state index in [9.17, 15) is 0 Å². The highest BCUT2D eigenvalue weighted by Crippen LogP contribution is 2.37. The first-order valence-electron chi connectivity index (χ1n) is 6.52. The molecule has 0 bridgehead atoms. The normalized spacial score (nSPS) is 29.2. The molecule has 2 fully saturated rings. The van der Waals surface area contributed by atoms with E-state index in [4.69, 9.17) is 5.84 Å². The van der Waals surface area contributed by atoms with Crippen molar-refractivity contribution in [2.75, 3.05) is 12.0 Å². The molecule has 5 heteroatoms. The number of nitrogens with one attached hydrogen (secondary N) is 1. The van der Waals surface area contributed by atoms with Gasteiger partial charge >= 0.3 is 0 Å². The van der Waals surface area contributed by atoms with Crippen molar-refractivity contribution in [1.29, 1.82) is 0 Å². The Hall–Kier alpha value is -0.650. The van der Waals surface area contributed by atoms with Crippen molar-refractivity contribution in [3.63, 3.8) is 0 Å². The molecule has 2 unspecified atom stereocenters. The fraction of sp³-hybridized carbons (Fsp3) is 0.750. The molecule has 1 saturated heterocycles.